The van der Waals surface area contributed by atoms with Crippen LogP contribution in [0.5, 0.6) is 0 Å². The Balaban J connectivity index is 2.72. The van der Waals surface area contributed by atoms with E-state index in [0.717, 1.165) is 0 Å². The van der Waals surface area contributed by atoms with Gasteiger partial charge in [-0.1, -0.05) is 25.9 Å². The van der Waals surface area contributed by atoms with Crippen LogP contribution in [0.4, 0.5) is 0 Å². The van der Waals surface area contributed by atoms with Gasteiger partial charge in [-0.25, -0.2) is 8.42 Å². The summed E-state index contributed by atoms with van der Waals surface area (Å²) >= 11 is 0. The molecule has 0 radical (unpaired) electrons. The molecule has 1 N–H and O–H groups in total. The first-order valence-corrected chi connectivity index (χ1v) is 8.09. The summed E-state index contributed by atoms with van der Waals surface area (Å²) in [5.41, 5.74) is -0.169. The molecular weight excluding hydrogens is 294 g/mol. The number of aryl methyl sites for hydroxylation is 2. The van der Waals surface area contributed by atoms with Crippen LogP contribution in [0.3, 0.4) is 0 Å². The van der Waals surface area contributed by atoms with E-state index in [0.29, 0.717) is 5.69 Å². The van der Waals surface area contributed by atoms with Gasteiger partial charge in [-0.2, -0.15) is 4.31 Å². The molecule has 1 amide bonds. The Morgan fingerprint density at radius 2 is 1.90 bits per heavy atom. The molecule has 0 bridgehead atoms. The van der Waals surface area contributed by atoms with Crippen LogP contribution >= 0.6 is 0 Å². The summed E-state index contributed by atoms with van der Waals surface area (Å²) < 4.78 is 30.9. The smallest absolute Gasteiger partial charge is 0.248 e. The molecule has 0 aliphatic rings. The van der Waals surface area contributed by atoms with Crippen molar-refractivity contribution in [1.82, 2.24) is 14.8 Å². The average molecular weight is 317 g/mol. The number of likely N-dealkylation sites (N-methyl/N-ethyl adjacent to an activating group) is 1. The molecule has 0 saturated heterocycles. The fourth-order valence-electron chi connectivity index (χ4n) is 1.71. The van der Waals surface area contributed by atoms with Gasteiger partial charge in [-0.05, 0) is 13.8 Å². The first-order chi connectivity index (χ1) is 9.48. The van der Waals surface area contributed by atoms with E-state index in [1.807, 2.05) is 0 Å². The highest BCUT2D eigenvalue weighted by Crippen LogP contribution is 2.22. The highest BCUT2D eigenvalue weighted by atomic mass is 32.2. The highest BCUT2D eigenvalue weighted by molar-refractivity contribution is 7.89. The molecule has 0 aromatic carbocycles. The summed E-state index contributed by atoms with van der Waals surface area (Å²) in [5.74, 6) is 0.142. The number of rotatable bonds is 5. The van der Waals surface area contributed by atoms with Crippen molar-refractivity contribution in [2.24, 2.45) is 5.41 Å². The minimum Gasteiger partial charge on any atom is -0.360 e. The monoisotopic (exact) mass is 317 g/mol. The highest BCUT2D eigenvalue weighted by Gasteiger charge is 2.28. The van der Waals surface area contributed by atoms with Crippen LogP contribution in [0, 0.1) is 19.3 Å². The van der Waals surface area contributed by atoms with Crippen molar-refractivity contribution in [1.29, 1.82) is 0 Å². The Morgan fingerprint density at radius 3 is 2.33 bits per heavy atom. The largest absolute Gasteiger partial charge is 0.360 e. The van der Waals surface area contributed by atoms with Crippen LogP contribution in [0.2, 0.25) is 0 Å². The van der Waals surface area contributed by atoms with Crippen LogP contribution in [-0.2, 0) is 14.8 Å². The van der Waals surface area contributed by atoms with Gasteiger partial charge in [0.2, 0.25) is 15.9 Å². The fraction of sp³-hybridized carbons (Fsp3) is 0.692. The van der Waals surface area contributed by atoms with Crippen LogP contribution in [0.1, 0.15) is 32.2 Å². The quantitative estimate of drug-likeness (QED) is 0.877. The van der Waals surface area contributed by atoms with Gasteiger partial charge in [0.25, 0.3) is 0 Å². The van der Waals surface area contributed by atoms with E-state index in [2.05, 4.69) is 10.5 Å². The summed E-state index contributed by atoms with van der Waals surface area (Å²) in [7, 11) is -2.20. The number of nitrogens with zero attached hydrogens (tertiary/aromatic N) is 2. The maximum absolute atomic E-state index is 12.4. The second kappa shape index (κ2) is 6.15. The first kappa shape index (κ1) is 17.6. The van der Waals surface area contributed by atoms with Gasteiger partial charge >= 0.3 is 0 Å². The van der Waals surface area contributed by atoms with Crippen molar-refractivity contribution in [2.45, 2.75) is 39.5 Å². The summed E-state index contributed by atoms with van der Waals surface area (Å²) in [6, 6.07) is 0. The van der Waals surface area contributed by atoms with Crippen molar-refractivity contribution in [3.8, 4) is 0 Å². The molecule has 1 rings (SSSR count). The molecule has 8 heteroatoms. The molecule has 0 atom stereocenters. The number of hydrogen-bond donors (Lipinski definition) is 1. The van der Waals surface area contributed by atoms with E-state index in [1.54, 1.807) is 34.6 Å². The van der Waals surface area contributed by atoms with Crippen LogP contribution in [0.15, 0.2) is 9.42 Å². The Labute approximate surface area is 125 Å². The van der Waals surface area contributed by atoms with Gasteiger partial charge in [0.05, 0.1) is 0 Å². The number of sulfonamides is 1. The molecule has 0 saturated carbocycles. The van der Waals surface area contributed by atoms with Crippen molar-refractivity contribution in [3.63, 3.8) is 0 Å². The molecule has 1 aromatic rings. The third kappa shape index (κ3) is 4.04. The molecule has 0 aliphatic heterocycles. The van der Waals surface area contributed by atoms with E-state index in [9.17, 15) is 13.2 Å². The predicted octanol–water partition coefficient (Wildman–Crippen LogP) is 1.07. The normalized spacial score (nSPS) is 12.7. The number of aromatic nitrogens is 1. The zero-order valence-electron chi connectivity index (χ0n) is 13.3. The summed E-state index contributed by atoms with van der Waals surface area (Å²) in [6.45, 7) is 8.95. The lowest BCUT2D eigenvalue weighted by atomic mass is 9.96. The molecule has 1 heterocycles. The Kier molecular flexibility index (Phi) is 5.16. The zero-order chi connectivity index (χ0) is 16.4. The minimum absolute atomic E-state index is 0.0900. The number of nitrogens with one attached hydrogen (secondary N) is 1. The van der Waals surface area contributed by atoms with E-state index in [4.69, 9.17) is 4.52 Å². The number of hydrogen-bond acceptors (Lipinski definition) is 5. The number of carbonyl (C=O) groups is 1. The average Bonchev–Trinajstić information content (AvgIpc) is 2.67. The van der Waals surface area contributed by atoms with E-state index in [-0.39, 0.29) is 29.7 Å². The van der Waals surface area contributed by atoms with Gasteiger partial charge in [-0.15, -0.1) is 0 Å². The van der Waals surface area contributed by atoms with Crippen molar-refractivity contribution in [2.75, 3.05) is 20.1 Å². The third-order valence-corrected chi connectivity index (χ3v) is 5.13. The lowest BCUT2D eigenvalue weighted by molar-refractivity contribution is -0.128. The number of amides is 1. The zero-order valence-corrected chi connectivity index (χ0v) is 14.2. The first-order valence-electron chi connectivity index (χ1n) is 6.65. The fourth-order valence-corrected chi connectivity index (χ4v) is 3.17. The standard InChI is InChI=1S/C13H23N3O4S/c1-9-11(10(2)20-15-9)21(18,19)16(6)8-7-14-12(17)13(3,4)5/h7-8H2,1-6H3,(H,14,17). The van der Waals surface area contributed by atoms with E-state index in [1.165, 1.54) is 11.4 Å². The second-order valence-electron chi connectivity index (χ2n) is 5.99. The molecule has 0 spiro atoms. The van der Waals surface area contributed by atoms with Crippen LogP contribution < -0.4 is 5.32 Å². The summed E-state index contributed by atoms with van der Waals surface area (Å²) in [6.07, 6.45) is 0. The summed E-state index contributed by atoms with van der Waals surface area (Å²) in [4.78, 5) is 11.8. The summed E-state index contributed by atoms with van der Waals surface area (Å²) in [5, 5.41) is 6.37. The molecule has 0 fully saturated rings. The Hall–Kier alpha value is -1.41. The predicted molar refractivity (Wildman–Crippen MR) is 78.3 cm³/mol. The maximum atomic E-state index is 12.4. The molecular formula is C13H23N3O4S. The Morgan fingerprint density at radius 1 is 1.33 bits per heavy atom. The topological polar surface area (TPSA) is 92.5 Å². The van der Waals surface area contributed by atoms with Crippen LogP contribution in [0.25, 0.3) is 0 Å². The molecule has 0 aliphatic carbocycles. The van der Waals surface area contributed by atoms with Gasteiger partial charge in [-0.3, -0.25) is 4.79 Å². The van der Waals surface area contributed by atoms with E-state index < -0.39 is 15.4 Å². The minimum atomic E-state index is -3.66. The van der Waals surface area contributed by atoms with Gasteiger partial charge < -0.3 is 9.84 Å². The molecule has 120 valence electrons. The lowest BCUT2D eigenvalue weighted by Gasteiger charge is -2.20. The molecule has 7 nitrogen and oxygen atoms in total. The Bertz CT molecular complexity index is 594. The maximum Gasteiger partial charge on any atom is 0.248 e. The van der Waals surface area contributed by atoms with Crippen molar-refractivity contribution >= 4 is 15.9 Å². The van der Waals surface area contributed by atoms with Gasteiger partial charge in [0.1, 0.15) is 10.6 Å². The van der Waals surface area contributed by atoms with E-state index >= 15 is 0 Å². The van der Waals surface area contributed by atoms with Crippen molar-refractivity contribution in [3.05, 3.63) is 11.5 Å². The third-order valence-electron chi connectivity index (χ3n) is 3.03. The SMILES string of the molecule is Cc1noc(C)c1S(=O)(=O)N(C)CCNC(=O)C(C)(C)C. The molecule has 21 heavy (non-hydrogen) atoms. The van der Waals surface area contributed by atoms with Crippen LogP contribution in [-0.4, -0.2) is 43.9 Å². The van der Waals surface area contributed by atoms with Gasteiger partial charge in [0, 0.05) is 25.6 Å². The number of carbonyl (C=O) groups excluding carboxylic acids is 1. The molecule has 1 aromatic heterocycles. The second-order valence-corrected chi connectivity index (χ2v) is 7.97. The van der Waals surface area contributed by atoms with Gasteiger partial charge in [0.15, 0.2) is 5.76 Å². The van der Waals surface area contributed by atoms with Crippen molar-refractivity contribution < 1.29 is 17.7 Å². The molecule has 0 unspecified atom stereocenters. The lowest BCUT2D eigenvalue weighted by Crippen LogP contribution is -2.40.